The lowest BCUT2D eigenvalue weighted by Gasteiger charge is -2.23. The number of benzene rings is 1. The van der Waals surface area contributed by atoms with E-state index in [-0.39, 0.29) is 17.5 Å². The number of hydroxylamine groups is 1. The third-order valence-corrected chi connectivity index (χ3v) is 2.75. The van der Waals surface area contributed by atoms with Crippen LogP contribution in [0.2, 0.25) is 0 Å². The van der Waals surface area contributed by atoms with Crippen LogP contribution in [0.15, 0.2) is 35.3 Å². The Labute approximate surface area is 129 Å². The van der Waals surface area contributed by atoms with Gasteiger partial charge in [-0.05, 0) is 26.3 Å². The summed E-state index contributed by atoms with van der Waals surface area (Å²) in [6.45, 7) is 5.48. The summed E-state index contributed by atoms with van der Waals surface area (Å²) in [6, 6.07) is 9.12. The van der Waals surface area contributed by atoms with E-state index in [1.807, 2.05) is 51.1 Å². The number of hydrogen-bond acceptors (Lipinski definition) is 4. The molecular weight excluding hydrogens is 292 g/mol. The maximum atomic E-state index is 10.6. The Bertz CT molecular complexity index is 483. The smallest absolute Gasteiger partial charge is 0.331 e. The Balaban J connectivity index is 3.00. The average Bonchev–Trinajstić information content (AvgIpc) is 2.41. The van der Waals surface area contributed by atoms with Crippen LogP contribution in [0.5, 0.6) is 0 Å². The van der Waals surface area contributed by atoms with Gasteiger partial charge in [-0.15, -0.1) is 11.6 Å². The van der Waals surface area contributed by atoms with Crippen molar-refractivity contribution in [3.8, 4) is 0 Å². The molecule has 0 saturated heterocycles. The fourth-order valence-corrected chi connectivity index (χ4v) is 1.98. The van der Waals surface area contributed by atoms with Crippen LogP contribution in [0.25, 0.3) is 0 Å². The van der Waals surface area contributed by atoms with Gasteiger partial charge in [0.2, 0.25) is 0 Å². The summed E-state index contributed by atoms with van der Waals surface area (Å²) >= 11 is 6.02. The van der Waals surface area contributed by atoms with Crippen LogP contribution in [-0.4, -0.2) is 34.8 Å². The number of halogens is 1. The molecule has 0 radical (unpaired) electrons. The maximum Gasteiger partial charge on any atom is 0.331 e. The minimum atomic E-state index is -1.05. The van der Waals surface area contributed by atoms with Gasteiger partial charge in [0.1, 0.15) is 0 Å². The van der Waals surface area contributed by atoms with Crippen LogP contribution in [0.4, 0.5) is 0 Å². The van der Waals surface area contributed by atoms with Crippen molar-refractivity contribution in [2.45, 2.75) is 32.4 Å². The van der Waals surface area contributed by atoms with Crippen molar-refractivity contribution in [1.29, 1.82) is 0 Å². The van der Waals surface area contributed by atoms with E-state index < -0.39 is 12.6 Å². The van der Waals surface area contributed by atoms with Crippen LogP contribution < -0.4 is 5.48 Å². The molecule has 5 nitrogen and oxygen atoms in total. The summed E-state index contributed by atoms with van der Waals surface area (Å²) in [5.74, 6) is -0.824. The van der Waals surface area contributed by atoms with Gasteiger partial charge < -0.3 is 5.11 Å². The lowest BCUT2D eigenvalue weighted by Crippen LogP contribution is -2.33. The van der Waals surface area contributed by atoms with Crippen LogP contribution in [0.1, 0.15) is 32.4 Å². The predicted octanol–water partition coefficient (Wildman–Crippen LogP) is 2.81. The fraction of sp³-hybridized carbons (Fsp3) is 0.467. The van der Waals surface area contributed by atoms with E-state index in [0.717, 1.165) is 5.56 Å². The Kier molecular flexibility index (Phi) is 6.81. The molecule has 0 aliphatic heterocycles. The number of nitrogens with zero attached hydrogens (tertiary/aromatic N) is 1. The number of carboxylic acids is 1. The first-order chi connectivity index (χ1) is 9.83. The number of rotatable bonds is 7. The van der Waals surface area contributed by atoms with E-state index in [1.165, 1.54) is 0 Å². The molecule has 0 aromatic heterocycles. The molecule has 0 aliphatic rings. The fourth-order valence-electron chi connectivity index (χ4n) is 1.76. The summed E-state index contributed by atoms with van der Waals surface area (Å²) in [5, 5.41) is 8.66. The average molecular weight is 313 g/mol. The second-order valence-corrected chi connectivity index (χ2v) is 5.82. The van der Waals surface area contributed by atoms with E-state index in [2.05, 4.69) is 10.5 Å². The molecule has 0 aliphatic carbocycles. The van der Waals surface area contributed by atoms with Gasteiger partial charge in [0.05, 0.1) is 23.2 Å². The van der Waals surface area contributed by atoms with Crippen molar-refractivity contribution < 1.29 is 14.7 Å². The summed E-state index contributed by atoms with van der Waals surface area (Å²) < 4.78 is 0. The molecule has 1 aromatic rings. The van der Waals surface area contributed by atoms with E-state index in [9.17, 15) is 4.79 Å². The molecule has 2 N–H and O–H groups in total. The Morgan fingerprint density at radius 3 is 2.48 bits per heavy atom. The second-order valence-electron chi connectivity index (χ2n) is 5.55. The highest BCUT2D eigenvalue weighted by Crippen LogP contribution is 2.19. The van der Waals surface area contributed by atoms with E-state index in [1.54, 1.807) is 0 Å². The topological polar surface area (TPSA) is 70.9 Å². The number of aliphatic imine (C=N–C) groups is 1. The lowest BCUT2D eigenvalue weighted by molar-refractivity contribution is -0.145. The van der Waals surface area contributed by atoms with Gasteiger partial charge in [-0.3, -0.25) is 9.83 Å². The molecule has 6 heteroatoms. The number of carbonyl (C=O) groups is 1. The van der Waals surface area contributed by atoms with Crippen molar-refractivity contribution in [2.75, 3.05) is 12.5 Å². The molecule has 1 rings (SSSR count). The largest absolute Gasteiger partial charge is 0.479 e. The Hall–Kier alpha value is -1.43. The van der Waals surface area contributed by atoms with Crippen LogP contribution in [0, 0.1) is 0 Å². The number of carboxylic acid groups (broad SMARTS) is 1. The van der Waals surface area contributed by atoms with Gasteiger partial charge in [0.15, 0.2) is 6.61 Å². The molecule has 0 fully saturated rings. The number of alkyl halides is 1. The highest BCUT2D eigenvalue weighted by molar-refractivity contribution is 6.29. The standard InChI is InChI=1S/C15H21ClN2O3/c1-15(2,3)17-12(9-16)14(18-21-10-13(19)20)11-7-5-4-6-8-11/h4-8,14,18H,9-10H2,1-3H3,(H,19,20). The normalized spacial score (nSPS) is 14.0. The summed E-state index contributed by atoms with van der Waals surface area (Å²) in [6.07, 6.45) is 0. The summed E-state index contributed by atoms with van der Waals surface area (Å²) in [5.41, 5.74) is 4.06. The van der Waals surface area contributed by atoms with Crippen molar-refractivity contribution in [1.82, 2.24) is 5.48 Å². The quantitative estimate of drug-likeness (QED) is 0.461. The zero-order valence-electron chi connectivity index (χ0n) is 12.5. The molecular formula is C15H21ClN2O3. The molecule has 0 heterocycles. The monoisotopic (exact) mass is 312 g/mol. The minimum Gasteiger partial charge on any atom is -0.479 e. The van der Waals surface area contributed by atoms with E-state index in [0.29, 0.717) is 5.71 Å². The Morgan fingerprint density at radius 2 is 2.00 bits per heavy atom. The van der Waals surface area contributed by atoms with Gasteiger partial charge >= 0.3 is 5.97 Å². The highest BCUT2D eigenvalue weighted by atomic mass is 35.5. The number of nitrogens with one attached hydrogen (secondary N) is 1. The first kappa shape index (κ1) is 17.6. The van der Waals surface area contributed by atoms with Gasteiger partial charge in [-0.1, -0.05) is 30.3 Å². The summed E-state index contributed by atoms with van der Waals surface area (Å²) in [7, 11) is 0. The SMILES string of the molecule is CC(C)(C)N=C(CCl)C(NOCC(=O)O)c1ccccc1. The maximum absolute atomic E-state index is 10.6. The summed E-state index contributed by atoms with van der Waals surface area (Å²) in [4.78, 5) is 20.2. The van der Waals surface area contributed by atoms with Crippen LogP contribution in [0.3, 0.4) is 0 Å². The highest BCUT2D eigenvalue weighted by Gasteiger charge is 2.21. The zero-order chi connectivity index (χ0) is 15.9. The molecule has 0 bridgehead atoms. The van der Waals surface area contributed by atoms with E-state index in [4.69, 9.17) is 21.5 Å². The number of hydrogen-bond donors (Lipinski definition) is 2. The Morgan fingerprint density at radius 1 is 1.38 bits per heavy atom. The van der Waals surface area contributed by atoms with Gasteiger partial charge in [0, 0.05) is 0 Å². The molecule has 1 atom stereocenters. The van der Waals surface area contributed by atoms with E-state index >= 15 is 0 Å². The number of aliphatic carboxylic acids is 1. The third kappa shape index (κ3) is 6.71. The molecule has 1 aromatic carbocycles. The first-order valence-electron chi connectivity index (χ1n) is 6.62. The van der Waals surface area contributed by atoms with Gasteiger partial charge in [0.25, 0.3) is 0 Å². The van der Waals surface area contributed by atoms with Crippen LogP contribution >= 0.6 is 11.6 Å². The van der Waals surface area contributed by atoms with Crippen LogP contribution in [-0.2, 0) is 9.63 Å². The molecule has 1 unspecified atom stereocenters. The third-order valence-electron chi connectivity index (χ3n) is 2.48. The molecule has 0 amide bonds. The van der Waals surface area contributed by atoms with Crippen molar-refractivity contribution in [3.05, 3.63) is 35.9 Å². The van der Waals surface area contributed by atoms with Gasteiger partial charge in [-0.2, -0.15) is 5.48 Å². The zero-order valence-corrected chi connectivity index (χ0v) is 13.2. The first-order valence-corrected chi connectivity index (χ1v) is 7.15. The van der Waals surface area contributed by atoms with Crippen molar-refractivity contribution in [3.63, 3.8) is 0 Å². The second kappa shape index (κ2) is 8.12. The molecule has 21 heavy (non-hydrogen) atoms. The molecule has 0 spiro atoms. The van der Waals surface area contributed by atoms with Gasteiger partial charge in [-0.25, -0.2) is 4.79 Å². The molecule has 0 saturated carbocycles. The molecule has 116 valence electrons. The van der Waals surface area contributed by atoms with Crippen molar-refractivity contribution in [2.24, 2.45) is 4.99 Å². The lowest BCUT2D eigenvalue weighted by atomic mass is 10.0. The predicted molar refractivity (Wildman–Crippen MR) is 83.8 cm³/mol. The van der Waals surface area contributed by atoms with Crippen molar-refractivity contribution >= 4 is 23.3 Å². The minimum absolute atomic E-state index is 0.222.